The molecule has 6 rings (SSSR count). The number of nitrogens with zero attached hydrogens (tertiary/aromatic N) is 4. The minimum absolute atomic E-state index is 0.189. The minimum atomic E-state index is -0.494. The van der Waals surface area contributed by atoms with Crippen molar-refractivity contribution in [3.05, 3.63) is 95.0 Å². The van der Waals surface area contributed by atoms with Crippen LogP contribution < -0.4 is 4.74 Å². The summed E-state index contributed by atoms with van der Waals surface area (Å²) in [5, 5.41) is 9.92. The monoisotopic (exact) mass is 615 g/mol. The van der Waals surface area contributed by atoms with Crippen molar-refractivity contribution in [2.24, 2.45) is 11.8 Å². The number of carbonyl (C=O) groups is 1. The Morgan fingerprint density at radius 3 is 2.64 bits per heavy atom. The molecule has 1 N–H and O–H groups in total. The van der Waals surface area contributed by atoms with Crippen molar-refractivity contribution in [3.63, 3.8) is 0 Å². The molecule has 0 amide bonds. The Labute approximate surface area is 260 Å². The van der Waals surface area contributed by atoms with Gasteiger partial charge in [-0.2, -0.15) is 0 Å². The number of hydrogen-bond acceptors (Lipinski definition) is 6. The van der Waals surface area contributed by atoms with E-state index in [1.165, 1.54) is 12.1 Å². The number of nitrogens with one attached hydrogen (secondary N) is 1. The topological polar surface area (TPSA) is 85.3 Å². The van der Waals surface area contributed by atoms with E-state index in [4.69, 9.17) is 21.1 Å². The Morgan fingerprint density at radius 2 is 1.89 bits per heavy atom. The number of esters is 1. The van der Waals surface area contributed by atoms with Gasteiger partial charge in [0.2, 0.25) is 0 Å². The van der Waals surface area contributed by atoms with Gasteiger partial charge in [0, 0.05) is 29.6 Å². The lowest BCUT2D eigenvalue weighted by Crippen LogP contribution is -2.34. The molecule has 0 spiro atoms. The molecule has 0 atom stereocenters. The molecule has 2 aromatic heterocycles. The molecular weight excluding hydrogens is 581 g/mol. The number of benzene rings is 3. The van der Waals surface area contributed by atoms with Crippen LogP contribution >= 0.6 is 11.6 Å². The second-order valence-corrected chi connectivity index (χ2v) is 12.2. The minimum Gasteiger partial charge on any atom is -0.461 e. The molecule has 1 aliphatic heterocycles. The highest BCUT2D eigenvalue weighted by Gasteiger charge is 2.25. The third-order valence-electron chi connectivity index (χ3n) is 7.83. The second-order valence-electron chi connectivity index (χ2n) is 11.8. The molecule has 228 valence electrons. The third kappa shape index (κ3) is 6.95. The van der Waals surface area contributed by atoms with Crippen molar-refractivity contribution in [2.45, 2.75) is 39.8 Å². The van der Waals surface area contributed by atoms with Crippen LogP contribution in [0.4, 0.5) is 4.39 Å². The van der Waals surface area contributed by atoms with Crippen LogP contribution in [0, 0.1) is 17.7 Å². The Hall–Kier alpha value is -4.21. The Kier molecular flexibility index (Phi) is 8.95. The summed E-state index contributed by atoms with van der Waals surface area (Å²) in [7, 11) is 0. The zero-order chi connectivity index (χ0) is 30.6. The highest BCUT2D eigenvalue weighted by molar-refractivity contribution is 6.32. The van der Waals surface area contributed by atoms with Crippen molar-refractivity contribution in [1.29, 1.82) is 0 Å². The standard InChI is InChI=1S/C34H35ClFN5O3/c1-22(2)21-43-34(42)33-32(27-17-25(36)9-10-29(27)37-33)30-20-41(39-38-30)19-23-12-14-40(15-13-23)18-24-8-11-31(28(35)16-24)44-26-6-4-3-5-7-26/h3-11,16-17,20,22-23,37H,12-15,18-19,21H2,1-2H3. The van der Waals surface area contributed by atoms with Gasteiger partial charge in [0.25, 0.3) is 0 Å². The van der Waals surface area contributed by atoms with Crippen LogP contribution in [0.25, 0.3) is 22.2 Å². The third-order valence-corrected chi connectivity index (χ3v) is 8.13. The molecule has 10 heteroatoms. The molecule has 3 heterocycles. The van der Waals surface area contributed by atoms with Crippen LogP contribution in [0.5, 0.6) is 11.5 Å². The van der Waals surface area contributed by atoms with Gasteiger partial charge in [0.1, 0.15) is 28.7 Å². The number of fused-ring (bicyclic) bond motifs is 1. The largest absolute Gasteiger partial charge is 0.461 e. The quantitative estimate of drug-likeness (QED) is 0.162. The summed E-state index contributed by atoms with van der Waals surface area (Å²) in [6.45, 7) is 7.68. The summed E-state index contributed by atoms with van der Waals surface area (Å²) < 4.78 is 27.4. The number of aromatic nitrogens is 4. The van der Waals surface area contributed by atoms with E-state index in [1.54, 1.807) is 6.07 Å². The summed E-state index contributed by atoms with van der Waals surface area (Å²) in [6.07, 6.45) is 3.87. The zero-order valence-corrected chi connectivity index (χ0v) is 25.6. The summed E-state index contributed by atoms with van der Waals surface area (Å²) in [5.41, 5.74) is 3.05. The number of ether oxygens (including phenoxy) is 2. The van der Waals surface area contributed by atoms with Crippen LogP contribution in [0.1, 0.15) is 42.7 Å². The van der Waals surface area contributed by atoms with E-state index in [2.05, 4.69) is 26.3 Å². The summed E-state index contributed by atoms with van der Waals surface area (Å²) in [5.74, 6) is 1.13. The van der Waals surface area contributed by atoms with Crippen molar-refractivity contribution >= 4 is 28.5 Å². The van der Waals surface area contributed by atoms with Gasteiger partial charge in [-0.25, -0.2) is 9.18 Å². The number of piperidine rings is 1. The Morgan fingerprint density at radius 1 is 1.09 bits per heavy atom. The van der Waals surface area contributed by atoms with Crippen molar-refractivity contribution < 1.29 is 18.7 Å². The van der Waals surface area contributed by atoms with E-state index in [0.29, 0.717) is 45.4 Å². The summed E-state index contributed by atoms with van der Waals surface area (Å²) >= 11 is 6.54. The molecule has 0 saturated carbocycles. The molecule has 0 bridgehead atoms. The van der Waals surface area contributed by atoms with Crippen LogP contribution in [0.15, 0.2) is 72.9 Å². The zero-order valence-electron chi connectivity index (χ0n) is 24.8. The first kappa shape index (κ1) is 29.8. The number of carbonyl (C=O) groups excluding carboxylic acids is 1. The highest BCUT2D eigenvalue weighted by atomic mass is 35.5. The van der Waals surface area contributed by atoms with Gasteiger partial charge in [-0.3, -0.25) is 9.58 Å². The van der Waals surface area contributed by atoms with E-state index in [9.17, 15) is 9.18 Å². The van der Waals surface area contributed by atoms with Crippen molar-refractivity contribution in [2.75, 3.05) is 19.7 Å². The molecule has 8 nitrogen and oxygen atoms in total. The molecule has 1 fully saturated rings. The lowest BCUT2D eigenvalue weighted by atomic mass is 9.96. The average Bonchev–Trinajstić information content (AvgIpc) is 3.63. The molecule has 5 aromatic rings. The van der Waals surface area contributed by atoms with E-state index >= 15 is 0 Å². The summed E-state index contributed by atoms with van der Waals surface area (Å²) in [6, 6.07) is 20.0. The fraction of sp³-hybridized carbons (Fsp3) is 0.324. The number of H-pyrrole nitrogens is 1. The number of halogens is 2. The van der Waals surface area contributed by atoms with Gasteiger partial charge in [-0.1, -0.05) is 54.9 Å². The van der Waals surface area contributed by atoms with E-state index in [0.717, 1.165) is 43.8 Å². The normalized spacial score (nSPS) is 14.4. The lowest BCUT2D eigenvalue weighted by Gasteiger charge is -2.31. The average molecular weight is 616 g/mol. The van der Waals surface area contributed by atoms with Crippen molar-refractivity contribution in [3.8, 4) is 22.8 Å². The Bertz CT molecular complexity index is 1740. The molecule has 0 aliphatic carbocycles. The Balaban J connectivity index is 1.08. The predicted octanol–water partition coefficient (Wildman–Crippen LogP) is 7.74. The maximum atomic E-state index is 14.2. The first-order valence-corrected chi connectivity index (χ1v) is 15.3. The summed E-state index contributed by atoms with van der Waals surface area (Å²) in [4.78, 5) is 18.5. The van der Waals surface area contributed by atoms with Crippen LogP contribution in [-0.2, 0) is 17.8 Å². The van der Waals surface area contributed by atoms with E-state index in [-0.39, 0.29) is 18.2 Å². The highest BCUT2D eigenvalue weighted by Crippen LogP contribution is 2.33. The first-order valence-electron chi connectivity index (χ1n) is 14.9. The van der Waals surface area contributed by atoms with Crippen LogP contribution in [-0.4, -0.2) is 50.5 Å². The van der Waals surface area contributed by atoms with E-state index < -0.39 is 11.8 Å². The van der Waals surface area contributed by atoms with Gasteiger partial charge in [0.15, 0.2) is 0 Å². The number of hydrogen-bond donors (Lipinski definition) is 1. The second kappa shape index (κ2) is 13.2. The van der Waals surface area contributed by atoms with Gasteiger partial charge in [-0.05, 0) is 85.8 Å². The number of aromatic amines is 1. The van der Waals surface area contributed by atoms with Crippen molar-refractivity contribution in [1.82, 2.24) is 24.9 Å². The van der Waals surface area contributed by atoms with E-state index in [1.807, 2.05) is 67.2 Å². The SMILES string of the molecule is CC(C)COC(=O)c1[nH]c2ccc(F)cc2c1-c1cn(CC2CCN(Cc3ccc(Oc4ccccc4)c(Cl)c3)CC2)nn1. The van der Waals surface area contributed by atoms with Gasteiger partial charge < -0.3 is 14.5 Å². The molecule has 0 radical (unpaired) electrons. The maximum Gasteiger partial charge on any atom is 0.355 e. The fourth-order valence-electron chi connectivity index (χ4n) is 5.59. The molecular formula is C34H35ClFN5O3. The van der Waals surface area contributed by atoms with Gasteiger partial charge in [0.05, 0.1) is 17.8 Å². The number of likely N-dealkylation sites (tertiary alicyclic amines) is 1. The molecule has 3 aromatic carbocycles. The smallest absolute Gasteiger partial charge is 0.355 e. The first-order chi connectivity index (χ1) is 21.3. The van der Waals surface area contributed by atoms with Gasteiger partial charge >= 0.3 is 5.97 Å². The maximum absolute atomic E-state index is 14.2. The lowest BCUT2D eigenvalue weighted by molar-refractivity contribution is 0.0454. The molecule has 1 saturated heterocycles. The number of rotatable bonds is 10. The predicted molar refractivity (Wildman–Crippen MR) is 168 cm³/mol. The fourth-order valence-corrected chi connectivity index (χ4v) is 5.83. The molecule has 1 aliphatic rings. The van der Waals surface area contributed by atoms with Gasteiger partial charge in [-0.15, -0.1) is 5.10 Å². The van der Waals surface area contributed by atoms with Crippen LogP contribution in [0.3, 0.4) is 0 Å². The molecule has 0 unspecified atom stereocenters. The van der Waals surface area contributed by atoms with Crippen LogP contribution in [0.2, 0.25) is 5.02 Å². The molecule has 44 heavy (non-hydrogen) atoms. The number of para-hydroxylation sites is 1.